The average Bonchev–Trinajstić information content (AvgIpc) is 3.09. The Kier molecular flexibility index (Phi) is 3.65. The topological polar surface area (TPSA) is 79.8 Å². The van der Waals surface area contributed by atoms with Crippen molar-refractivity contribution in [3.8, 4) is 0 Å². The van der Waals surface area contributed by atoms with Gasteiger partial charge in [0.25, 0.3) is 0 Å². The molecule has 1 aromatic heterocycles. The molecule has 2 aliphatic rings. The second-order valence-corrected chi connectivity index (χ2v) is 5.61. The van der Waals surface area contributed by atoms with Gasteiger partial charge in [0, 0.05) is 12.1 Å². The number of anilines is 1. The predicted octanol–water partition coefficient (Wildman–Crippen LogP) is 1.08. The number of rotatable bonds is 4. The van der Waals surface area contributed by atoms with Crippen LogP contribution in [-0.2, 0) is 17.6 Å². The lowest BCUT2D eigenvalue weighted by atomic mass is 9.88. The number of carbonyl (C=O) groups excluding carboxylic acids is 1. The van der Waals surface area contributed by atoms with Crippen molar-refractivity contribution in [2.75, 3.05) is 5.32 Å². The summed E-state index contributed by atoms with van der Waals surface area (Å²) < 4.78 is 0. The third-order valence-corrected chi connectivity index (χ3v) is 4.38. The van der Waals surface area contributed by atoms with Gasteiger partial charge in [0.1, 0.15) is 0 Å². The number of amides is 1. The molecule has 3 heterocycles. The molecule has 0 spiro atoms. The van der Waals surface area contributed by atoms with Crippen LogP contribution in [0.5, 0.6) is 0 Å². The zero-order valence-corrected chi connectivity index (χ0v) is 12.0. The van der Waals surface area contributed by atoms with Crippen LogP contribution in [0.15, 0.2) is 0 Å². The fourth-order valence-corrected chi connectivity index (χ4v) is 3.31. The SMILES string of the molecule is CCc1nnc(NC(=O)C2CC3CCC2N3)nc1CC. The summed E-state index contributed by atoms with van der Waals surface area (Å²) in [5, 5.41) is 14.5. The molecule has 2 fully saturated rings. The summed E-state index contributed by atoms with van der Waals surface area (Å²) in [6.45, 7) is 4.07. The van der Waals surface area contributed by atoms with E-state index in [9.17, 15) is 4.79 Å². The Morgan fingerprint density at radius 3 is 2.65 bits per heavy atom. The molecule has 2 N–H and O–H groups in total. The van der Waals surface area contributed by atoms with E-state index < -0.39 is 0 Å². The Morgan fingerprint density at radius 1 is 1.25 bits per heavy atom. The number of fused-ring (bicyclic) bond motifs is 2. The molecule has 3 rings (SSSR count). The van der Waals surface area contributed by atoms with Gasteiger partial charge < -0.3 is 5.32 Å². The minimum Gasteiger partial charge on any atom is -0.310 e. The normalized spacial score (nSPS) is 27.8. The molecule has 3 unspecified atom stereocenters. The summed E-state index contributed by atoms with van der Waals surface area (Å²) in [5.74, 6) is 0.415. The van der Waals surface area contributed by atoms with Crippen molar-refractivity contribution in [1.29, 1.82) is 0 Å². The van der Waals surface area contributed by atoms with E-state index in [-0.39, 0.29) is 11.8 Å². The highest BCUT2D eigenvalue weighted by Gasteiger charge is 2.42. The molecule has 1 amide bonds. The molecule has 1 aromatic rings. The maximum absolute atomic E-state index is 12.3. The summed E-state index contributed by atoms with van der Waals surface area (Å²) >= 11 is 0. The third-order valence-electron chi connectivity index (χ3n) is 4.38. The summed E-state index contributed by atoms with van der Waals surface area (Å²) in [7, 11) is 0. The van der Waals surface area contributed by atoms with Crippen LogP contribution in [0.1, 0.15) is 44.5 Å². The van der Waals surface area contributed by atoms with E-state index in [2.05, 4.69) is 25.8 Å². The van der Waals surface area contributed by atoms with Gasteiger partial charge in [-0.3, -0.25) is 10.1 Å². The van der Waals surface area contributed by atoms with E-state index in [1.807, 2.05) is 13.8 Å². The van der Waals surface area contributed by atoms with Gasteiger partial charge in [-0.2, -0.15) is 0 Å². The fourth-order valence-electron chi connectivity index (χ4n) is 3.31. The van der Waals surface area contributed by atoms with E-state index in [0.717, 1.165) is 37.1 Å². The minimum absolute atomic E-state index is 0.0257. The first-order valence-corrected chi connectivity index (χ1v) is 7.50. The highest BCUT2D eigenvalue weighted by molar-refractivity contribution is 5.91. The third kappa shape index (κ3) is 2.40. The molecule has 2 bridgehead atoms. The van der Waals surface area contributed by atoms with Crippen molar-refractivity contribution in [2.45, 2.75) is 58.0 Å². The zero-order valence-electron chi connectivity index (χ0n) is 12.0. The van der Waals surface area contributed by atoms with E-state index in [1.54, 1.807) is 0 Å². The second-order valence-electron chi connectivity index (χ2n) is 5.61. The number of hydrogen-bond acceptors (Lipinski definition) is 5. The van der Waals surface area contributed by atoms with Gasteiger partial charge in [0.05, 0.1) is 17.3 Å². The van der Waals surface area contributed by atoms with Crippen LogP contribution >= 0.6 is 0 Å². The van der Waals surface area contributed by atoms with Gasteiger partial charge >= 0.3 is 0 Å². The minimum atomic E-state index is 0.0257. The Hall–Kier alpha value is -1.56. The van der Waals surface area contributed by atoms with Crippen LogP contribution in [0, 0.1) is 5.92 Å². The van der Waals surface area contributed by atoms with Crippen LogP contribution < -0.4 is 10.6 Å². The number of aryl methyl sites for hydroxylation is 2. The first kappa shape index (κ1) is 13.4. The standard InChI is InChI=1S/C14H21N5O/c1-3-10-11(4-2)18-19-14(16-10)17-13(20)9-7-8-5-6-12(9)15-8/h8-9,12,15H,3-7H2,1-2H3,(H,16,17,19,20). The van der Waals surface area contributed by atoms with E-state index >= 15 is 0 Å². The van der Waals surface area contributed by atoms with Crippen LogP contribution in [0.4, 0.5) is 5.95 Å². The predicted molar refractivity (Wildman–Crippen MR) is 75.3 cm³/mol. The monoisotopic (exact) mass is 275 g/mol. The maximum Gasteiger partial charge on any atom is 0.249 e. The molecule has 108 valence electrons. The molecule has 6 heteroatoms. The molecule has 0 aliphatic carbocycles. The van der Waals surface area contributed by atoms with Crippen LogP contribution in [0.3, 0.4) is 0 Å². The maximum atomic E-state index is 12.3. The average molecular weight is 275 g/mol. The molecular weight excluding hydrogens is 254 g/mol. The Labute approximate surface area is 118 Å². The molecule has 2 aliphatic heterocycles. The van der Waals surface area contributed by atoms with Gasteiger partial charge in [-0.05, 0) is 32.1 Å². The lowest BCUT2D eigenvalue weighted by molar-refractivity contribution is -0.120. The molecule has 6 nitrogen and oxygen atoms in total. The molecule has 0 saturated carbocycles. The number of hydrogen-bond donors (Lipinski definition) is 2. The van der Waals surface area contributed by atoms with Crippen molar-refractivity contribution >= 4 is 11.9 Å². The quantitative estimate of drug-likeness (QED) is 0.859. The molecule has 2 saturated heterocycles. The Bertz CT molecular complexity index is 518. The van der Waals surface area contributed by atoms with Crippen molar-refractivity contribution in [1.82, 2.24) is 20.5 Å². The van der Waals surface area contributed by atoms with E-state index in [0.29, 0.717) is 18.0 Å². The van der Waals surface area contributed by atoms with Crippen LogP contribution in [0.25, 0.3) is 0 Å². The highest BCUT2D eigenvalue weighted by Crippen LogP contribution is 2.33. The molecule has 3 atom stereocenters. The highest BCUT2D eigenvalue weighted by atomic mass is 16.2. The van der Waals surface area contributed by atoms with E-state index in [4.69, 9.17) is 0 Å². The van der Waals surface area contributed by atoms with Crippen molar-refractivity contribution < 1.29 is 4.79 Å². The first-order chi connectivity index (χ1) is 9.71. The largest absolute Gasteiger partial charge is 0.310 e. The fraction of sp³-hybridized carbons (Fsp3) is 0.714. The summed E-state index contributed by atoms with van der Waals surface area (Å²) in [4.78, 5) is 16.7. The number of carbonyl (C=O) groups is 1. The summed E-state index contributed by atoms with van der Waals surface area (Å²) in [6, 6.07) is 0.844. The van der Waals surface area contributed by atoms with Crippen molar-refractivity contribution in [2.24, 2.45) is 5.92 Å². The molecular formula is C14H21N5O. The van der Waals surface area contributed by atoms with Crippen molar-refractivity contribution in [3.05, 3.63) is 11.4 Å². The molecule has 20 heavy (non-hydrogen) atoms. The lowest BCUT2D eigenvalue weighted by Crippen LogP contribution is -2.33. The Balaban J connectivity index is 1.70. The molecule has 0 radical (unpaired) electrons. The summed E-state index contributed by atoms with van der Waals surface area (Å²) in [6.07, 6.45) is 4.83. The van der Waals surface area contributed by atoms with Gasteiger partial charge in [-0.15, -0.1) is 10.2 Å². The van der Waals surface area contributed by atoms with Crippen LogP contribution in [-0.4, -0.2) is 33.2 Å². The lowest BCUT2D eigenvalue weighted by Gasteiger charge is -2.18. The van der Waals surface area contributed by atoms with E-state index in [1.165, 1.54) is 6.42 Å². The second kappa shape index (κ2) is 5.44. The van der Waals surface area contributed by atoms with Gasteiger partial charge in [0.2, 0.25) is 11.9 Å². The number of aromatic nitrogens is 3. The van der Waals surface area contributed by atoms with Gasteiger partial charge in [-0.25, -0.2) is 4.98 Å². The zero-order chi connectivity index (χ0) is 14.1. The Morgan fingerprint density at radius 2 is 2.05 bits per heavy atom. The van der Waals surface area contributed by atoms with Crippen molar-refractivity contribution in [3.63, 3.8) is 0 Å². The number of nitrogens with one attached hydrogen (secondary N) is 2. The first-order valence-electron chi connectivity index (χ1n) is 7.50. The van der Waals surface area contributed by atoms with Gasteiger partial charge in [-0.1, -0.05) is 13.8 Å². The number of nitrogens with zero attached hydrogens (tertiary/aromatic N) is 3. The smallest absolute Gasteiger partial charge is 0.249 e. The molecule has 0 aromatic carbocycles. The summed E-state index contributed by atoms with van der Waals surface area (Å²) in [5.41, 5.74) is 1.83. The van der Waals surface area contributed by atoms with Crippen LogP contribution in [0.2, 0.25) is 0 Å². The van der Waals surface area contributed by atoms with Gasteiger partial charge in [0.15, 0.2) is 0 Å².